The standard InChI is InChI=1S/C23H24N8O3/c1-2-3-10-26-22(32)19-15-29-23(30-21(19)17-6-4-16(13-24)5-7-17)27-12-11-25-20-9-8-18(14-28-20)31(33)34/h4-9,14-15H,2-3,10-12H2,1H3,(H,25,28)(H,26,32)(H,27,29,30). The van der Waals surface area contributed by atoms with Gasteiger partial charge in [0.1, 0.15) is 12.0 Å². The third-order valence-electron chi connectivity index (χ3n) is 4.81. The fourth-order valence-electron chi connectivity index (χ4n) is 2.99. The van der Waals surface area contributed by atoms with E-state index in [1.165, 1.54) is 24.5 Å². The molecule has 0 aliphatic rings. The predicted octanol–water partition coefficient (Wildman–Crippen LogP) is 3.37. The van der Waals surface area contributed by atoms with E-state index in [0.29, 0.717) is 53.8 Å². The topological polar surface area (TPSA) is 159 Å². The lowest BCUT2D eigenvalue weighted by Gasteiger charge is -2.12. The van der Waals surface area contributed by atoms with Gasteiger partial charge in [-0.25, -0.2) is 15.0 Å². The van der Waals surface area contributed by atoms with Crippen molar-refractivity contribution in [3.8, 4) is 17.3 Å². The van der Waals surface area contributed by atoms with E-state index in [4.69, 9.17) is 5.26 Å². The van der Waals surface area contributed by atoms with Crippen LogP contribution in [0.1, 0.15) is 35.7 Å². The van der Waals surface area contributed by atoms with Crippen molar-refractivity contribution in [2.75, 3.05) is 30.3 Å². The molecule has 3 aromatic rings. The highest BCUT2D eigenvalue weighted by molar-refractivity contribution is 5.99. The van der Waals surface area contributed by atoms with E-state index < -0.39 is 4.92 Å². The second-order valence-electron chi connectivity index (χ2n) is 7.27. The van der Waals surface area contributed by atoms with Crippen LogP contribution in [0.5, 0.6) is 0 Å². The maximum atomic E-state index is 12.7. The van der Waals surface area contributed by atoms with Gasteiger partial charge in [-0.2, -0.15) is 5.26 Å². The molecule has 0 unspecified atom stereocenters. The molecule has 3 rings (SSSR count). The second kappa shape index (κ2) is 11.9. The molecule has 11 heteroatoms. The fourth-order valence-corrected chi connectivity index (χ4v) is 2.99. The molecule has 0 saturated heterocycles. The van der Waals surface area contributed by atoms with Crippen molar-refractivity contribution in [3.63, 3.8) is 0 Å². The number of nitro groups is 1. The smallest absolute Gasteiger partial charge is 0.287 e. The Morgan fingerprint density at radius 3 is 2.47 bits per heavy atom. The van der Waals surface area contributed by atoms with Gasteiger partial charge in [0.25, 0.3) is 11.6 Å². The van der Waals surface area contributed by atoms with E-state index in [-0.39, 0.29) is 11.6 Å². The van der Waals surface area contributed by atoms with Crippen molar-refractivity contribution in [2.24, 2.45) is 0 Å². The number of nitriles is 1. The van der Waals surface area contributed by atoms with E-state index in [2.05, 4.69) is 37.0 Å². The molecule has 174 valence electrons. The van der Waals surface area contributed by atoms with Crippen LogP contribution in [0.2, 0.25) is 0 Å². The summed E-state index contributed by atoms with van der Waals surface area (Å²) in [4.78, 5) is 35.7. The van der Waals surface area contributed by atoms with Gasteiger partial charge < -0.3 is 16.0 Å². The van der Waals surface area contributed by atoms with Gasteiger partial charge in [0.05, 0.1) is 27.8 Å². The zero-order valence-corrected chi connectivity index (χ0v) is 18.6. The Kier molecular flexibility index (Phi) is 8.40. The zero-order valence-electron chi connectivity index (χ0n) is 18.6. The van der Waals surface area contributed by atoms with Crippen LogP contribution in [0.3, 0.4) is 0 Å². The molecule has 2 aromatic heterocycles. The van der Waals surface area contributed by atoms with Crippen molar-refractivity contribution in [3.05, 3.63) is 70.0 Å². The number of nitrogens with zero attached hydrogens (tertiary/aromatic N) is 5. The number of benzene rings is 1. The van der Waals surface area contributed by atoms with Gasteiger partial charge in [0.15, 0.2) is 0 Å². The second-order valence-corrected chi connectivity index (χ2v) is 7.27. The summed E-state index contributed by atoms with van der Waals surface area (Å²) in [5.74, 6) is 0.582. The Hall–Kier alpha value is -4.59. The van der Waals surface area contributed by atoms with E-state index in [9.17, 15) is 14.9 Å². The van der Waals surface area contributed by atoms with Crippen LogP contribution in [0.15, 0.2) is 48.8 Å². The molecular weight excluding hydrogens is 436 g/mol. The monoisotopic (exact) mass is 460 g/mol. The first-order valence-electron chi connectivity index (χ1n) is 10.8. The number of hydrogen-bond acceptors (Lipinski definition) is 9. The molecule has 3 N–H and O–H groups in total. The average molecular weight is 460 g/mol. The number of unbranched alkanes of at least 4 members (excludes halogenated alkanes) is 1. The largest absolute Gasteiger partial charge is 0.368 e. The Labute approximate surface area is 196 Å². The van der Waals surface area contributed by atoms with Crippen LogP contribution in [-0.4, -0.2) is 45.4 Å². The predicted molar refractivity (Wildman–Crippen MR) is 127 cm³/mol. The summed E-state index contributed by atoms with van der Waals surface area (Å²) in [6, 6.07) is 11.8. The maximum Gasteiger partial charge on any atom is 0.287 e. The summed E-state index contributed by atoms with van der Waals surface area (Å²) in [6.07, 6.45) is 4.50. The minimum Gasteiger partial charge on any atom is -0.368 e. The van der Waals surface area contributed by atoms with Crippen molar-refractivity contribution < 1.29 is 9.72 Å². The van der Waals surface area contributed by atoms with Gasteiger partial charge in [-0.05, 0) is 24.6 Å². The number of hydrogen-bond donors (Lipinski definition) is 3. The van der Waals surface area contributed by atoms with Crippen LogP contribution >= 0.6 is 0 Å². The number of pyridine rings is 1. The van der Waals surface area contributed by atoms with E-state index in [0.717, 1.165) is 12.8 Å². The molecule has 0 aliphatic carbocycles. The number of anilines is 2. The summed E-state index contributed by atoms with van der Waals surface area (Å²) >= 11 is 0. The van der Waals surface area contributed by atoms with Crippen molar-refractivity contribution in [1.29, 1.82) is 5.26 Å². The van der Waals surface area contributed by atoms with E-state index >= 15 is 0 Å². The van der Waals surface area contributed by atoms with Gasteiger partial charge in [-0.1, -0.05) is 25.5 Å². The Morgan fingerprint density at radius 2 is 1.82 bits per heavy atom. The summed E-state index contributed by atoms with van der Waals surface area (Å²) in [5.41, 5.74) is 1.93. The SMILES string of the molecule is CCCCNC(=O)c1cnc(NCCNc2ccc([N+](=O)[O-])cn2)nc1-c1ccc(C#N)cc1. The van der Waals surface area contributed by atoms with Crippen molar-refractivity contribution in [2.45, 2.75) is 19.8 Å². The molecule has 2 heterocycles. The minimum absolute atomic E-state index is 0.0776. The Morgan fingerprint density at radius 1 is 1.06 bits per heavy atom. The summed E-state index contributed by atoms with van der Waals surface area (Å²) in [6.45, 7) is 3.50. The molecule has 0 saturated carbocycles. The first-order chi connectivity index (χ1) is 16.5. The maximum absolute atomic E-state index is 12.7. The highest BCUT2D eigenvalue weighted by Gasteiger charge is 2.16. The lowest BCUT2D eigenvalue weighted by atomic mass is 10.0. The molecule has 34 heavy (non-hydrogen) atoms. The fraction of sp³-hybridized carbons (Fsp3) is 0.261. The number of carbonyl (C=O) groups is 1. The van der Waals surface area contributed by atoms with Crippen LogP contribution in [0.25, 0.3) is 11.3 Å². The molecule has 0 radical (unpaired) electrons. The molecule has 0 atom stereocenters. The van der Waals surface area contributed by atoms with Crippen molar-refractivity contribution >= 4 is 23.4 Å². The first-order valence-corrected chi connectivity index (χ1v) is 10.8. The molecular formula is C23H24N8O3. The molecule has 0 fully saturated rings. The molecule has 11 nitrogen and oxygen atoms in total. The molecule has 0 spiro atoms. The summed E-state index contributed by atoms with van der Waals surface area (Å²) in [5, 5.41) is 28.8. The molecule has 1 aromatic carbocycles. The lowest BCUT2D eigenvalue weighted by molar-refractivity contribution is -0.385. The van der Waals surface area contributed by atoms with Gasteiger partial charge in [0, 0.05) is 37.5 Å². The number of amides is 1. The number of nitrogens with one attached hydrogen (secondary N) is 3. The molecule has 0 bridgehead atoms. The number of rotatable bonds is 11. The lowest BCUT2D eigenvalue weighted by Crippen LogP contribution is -2.26. The summed E-state index contributed by atoms with van der Waals surface area (Å²) < 4.78 is 0. The highest BCUT2D eigenvalue weighted by Crippen LogP contribution is 2.23. The highest BCUT2D eigenvalue weighted by atomic mass is 16.6. The summed E-state index contributed by atoms with van der Waals surface area (Å²) in [7, 11) is 0. The third-order valence-corrected chi connectivity index (χ3v) is 4.81. The van der Waals surface area contributed by atoms with Crippen LogP contribution < -0.4 is 16.0 Å². The molecule has 0 aliphatic heterocycles. The first kappa shape index (κ1) is 24.1. The number of carbonyl (C=O) groups excluding carboxylic acids is 1. The Bertz CT molecular complexity index is 1170. The van der Waals surface area contributed by atoms with Crippen LogP contribution in [-0.2, 0) is 0 Å². The van der Waals surface area contributed by atoms with E-state index in [1.54, 1.807) is 24.3 Å². The average Bonchev–Trinajstić information content (AvgIpc) is 2.87. The third kappa shape index (κ3) is 6.46. The van der Waals surface area contributed by atoms with Crippen LogP contribution in [0.4, 0.5) is 17.5 Å². The van der Waals surface area contributed by atoms with Crippen LogP contribution in [0, 0.1) is 21.4 Å². The quantitative estimate of drug-likeness (QED) is 0.221. The van der Waals surface area contributed by atoms with Gasteiger partial charge >= 0.3 is 0 Å². The Balaban J connectivity index is 1.70. The van der Waals surface area contributed by atoms with E-state index in [1.807, 2.05) is 6.92 Å². The number of aromatic nitrogens is 3. The van der Waals surface area contributed by atoms with Gasteiger partial charge in [-0.15, -0.1) is 0 Å². The normalized spacial score (nSPS) is 10.2. The molecule has 1 amide bonds. The van der Waals surface area contributed by atoms with Gasteiger partial charge in [0.2, 0.25) is 5.95 Å². The minimum atomic E-state index is -0.505. The van der Waals surface area contributed by atoms with Gasteiger partial charge in [-0.3, -0.25) is 14.9 Å². The zero-order chi connectivity index (χ0) is 24.3. The van der Waals surface area contributed by atoms with Crippen molar-refractivity contribution in [1.82, 2.24) is 20.3 Å².